The van der Waals surface area contributed by atoms with Gasteiger partial charge in [-0.2, -0.15) is 0 Å². The molecule has 2 aromatic rings. The Morgan fingerprint density at radius 1 is 0.947 bits per heavy atom. The molecule has 0 spiro atoms. The summed E-state index contributed by atoms with van der Waals surface area (Å²) in [6.07, 6.45) is 0. The van der Waals surface area contributed by atoms with Crippen LogP contribution >= 0.6 is 0 Å². The second kappa shape index (κ2) is 4.68. The minimum Gasteiger partial charge on any atom is -0.486 e. The summed E-state index contributed by atoms with van der Waals surface area (Å²) in [5.41, 5.74) is 7.35. The fraction of sp³-hybridized carbons (Fsp3) is 0.143. The first-order valence-electron chi connectivity index (χ1n) is 5.93. The molecule has 19 heavy (non-hydrogen) atoms. The maximum atomic E-state index is 13.2. The molecule has 98 valence electrons. The van der Waals surface area contributed by atoms with Gasteiger partial charge < -0.3 is 20.5 Å². The van der Waals surface area contributed by atoms with Crippen LogP contribution in [-0.2, 0) is 0 Å². The summed E-state index contributed by atoms with van der Waals surface area (Å²) in [6, 6.07) is 9.80. The number of benzene rings is 2. The summed E-state index contributed by atoms with van der Waals surface area (Å²) in [6.45, 7) is 1.09. The van der Waals surface area contributed by atoms with Gasteiger partial charge in [-0.15, -0.1) is 0 Å². The standard InChI is InChI=1S/C14H13FN2O2/c15-9-5-10(16)7-12(6-9)17-11-1-2-13-14(8-11)19-4-3-18-13/h1-2,5-8,17H,3-4,16H2. The average Bonchev–Trinajstić information content (AvgIpc) is 2.37. The van der Waals surface area contributed by atoms with Crippen LogP contribution in [-0.4, -0.2) is 13.2 Å². The first-order valence-corrected chi connectivity index (χ1v) is 5.93. The Morgan fingerprint density at radius 2 is 1.74 bits per heavy atom. The molecule has 0 unspecified atom stereocenters. The van der Waals surface area contributed by atoms with Crippen molar-refractivity contribution in [1.82, 2.24) is 0 Å². The largest absolute Gasteiger partial charge is 0.486 e. The highest BCUT2D eigenvalue weighted by Crippen LogP contribution is 2.33. The van der Waals surface area contributed by atoms with E-state index in [9.17, 15) is 4.39 Å². The molecule has 0 saturated carbocycles. The van der Waals surface area contributed by atoms with Gasteiger partial charge in [-0.3, -0.25) is 0 Å². The van der Waals surface area contributed by atoms with Gasteiger partial charge in [0.2, 0.25) is 0 Å². The molecule has 0 amide bonds. The molecule has 0 atom stereocenters. The van der Waals surface area contributed by atoms with Crippen molar-refractivity contribution < 1.29 is 13.9 Å². The van der Waals surface area contributed by atoms with Crippen molar-refractivity contribution in [2.45, 2.75) is 0 Å². The second-order valence-corrected chi connectivity index (χ2v) is 4.26. The van der Waals surface area contributed by atoms with Crippen molar-refractivity contribution in [3.63, 3.8) is 0 Å². The quantitative estimate of drug-likeness (QED) is 0.815. The number of ether oxygens (including phenoxy) is 2. The molecule has 0 bridgehead atoms. The lowest BCUT2D eigenvalue weighted by Crippen LogP contribution is -2.15. The van der Waals surface area contributed by atoms with E-state index in [-0.39, 0.29) is 5.82 Å². The Balaban J connectivity index is 1.86. The number of nitrogens with one attached hydrogen (secondary N) is 1. The van der Waals surface area contributed by atoms with Crippen LogP contribution in [0.5, 0.6) is 11.5 Å². The number of hydrogen-bond acceptors (Lipinski definition) is 4. The predicted octanol–water partition coefficient (Wildman–Crippen LogP) is 2.92. The van der Waals surface area contributed by atoms with Gasteiger partial charge in [0.15, 0.2) is 11.5 Å². The summed E-state index contributed by atoms with van der Waals surface area (Å²) < 4.78 is 24.2. The number of rotatable bonds is 2. The minimum atomic E-state index is -0.375. The number of halogens is 1. The molecular formula is C14H13FN2O2. The number of fused-ring (bicyclic) bond motifs is 1. The van der Waals surface area contributed by atoms with E-state index in [1.807, 2.05) is 18.2 Å². The molecule has 1 aliphatic heterocycles. The van der Waals surface area contributed by atoms with E-state index in [1.165, 1.54) is 12.1 Å². The zero-order chi connectivity index (χ0) is 13.2. The predicted molar refractivity (Wildman–Crippen MR) is 71.5 cm³/mol. The van der Waals surface area contributed by atoms with Gasteiger partial charge in [-0.25, -0.2) is 4.39 Å². The van der Waals surface area contributed by atoms with Crippen molar-refractivity contribution >= 4 is 17.1 Å². The summed E-state index contributed by atoms with van der Waals surface area (Å²) in [7, 11) is 0. The highest BCUT2D eigenvalue weighted by Gasteiger charge is 2.11. The SMILES string of the molecule is Nc1cc(F)cc(Nc2ccc3c(c2)OCCO3)c1. The molecule has 0 aliphatic carbocycles. The molecule has 5 heteroatoms. The van der Waals surface area contributed by atoms with Crippen LogP contribution in [0.25, 0.3) is 0 Å². The van der Waals surface area contributed by atoms with E-state index in [0.29, 0.717) is 30.3 Å². The van der Waals surface area contributed by atoms with Gasteiger partial charge in [0, 0.05) is 23.1 Å². The fourth-order valence-electron chi connectivity index (χ4n) is 1.97. The fourth-order valence-corrected chi connectivity index (χ4v) is 1.97. The molecular weight excluding hydrogens is 247 g/mol. The molecule has 0 radical (unpaired) electrons. The topological polar surface area (TPSA) is 56.5 Å². The number of nitrogen functional groups attached to an aromatic ring is 1. The Labute approximate surface area is 109 Å². The van der Waals surface area contributed by atoms with Gasteiger partial charge >= 0.3 is 0 Å². The summed E-state index contributed by atoms with van der Waals surface area (Å²) >= 11 is 0. The molecule has 1 heterocycles. The number of hydrogen-bond donors (Lipinski definition) is 2. The van der Waals surface area contributed by atoms with Crippen LogP contribution in [0.15, 0.2) is 36.4 Å². The smallest absolute Gasteiger partial charge is 0.163 e. The van der Waals surface area contributed by atoms with Gasteiger partial charge in [-0.1, -0.05) is 0 Å². The maximum Gasteiger partial charge on any atom is 0.163 e. The van der Waals surface area contributed by atoms with Crippen LogP contribution in [0.3, 0.4) is 0 Å². The van der Waals surface area contributed by atoms with Crippen molar-refractivity contribution in [2.75, 3.05) is 24.3 Å². The van der Waals surface area contributed by atoms with Crippen molar-refractivity contribution in [3.05, 3.63) is 42.2 Å². The average molecular weight is 260 g/mol. The normalized spacial score (nSPS) is 13.1. The zero-order valence-electron chi connectivity index (χ0n) is 10.2. The lowest BCUT2D eigenvalue weighted by molar-refractivity contribution is 0.171. The van der Waals surface area contributed by atoms with Crippen molar-refractivity contribution in [1.29, 1.82) is 0 Å². The van der Waals surface area contributed by atoms with Crippen LogP contribution < -0.4 is 20.5 Å². The zero-order valence-corrected chi connectivity index (χ0v) is 10.2. The van der Waals surface area contributed by atoms with Gasteiger partial charge in [-0.05, 0) is 30.3 Å². The van der Waals surface area contributed by atoms with Gasteiger partial charge in [0.1, 0.15) is 19.0 Å². The lowest BCUT2D eigenvalue weighted by atomic mass is 10.2. The van der Waals surface area contributed by atoms with Crippen LogP contribution in [0.2, 0.25) is 0 Å². The minimum absolute atomic E-state index is 0.375. The van der Waals surface area contributed by atoms with Crippen LogP contribution in [0, 0.1) is 5.82 Å². The van der Waals surface area contributed by atoms with E-state index < -0.39 is 0 Å². The molecule has 4 nitrogen and oxygen atoms in total. The number of anilines is 3. The third-order valence-electron chi connectivity index (χ3n) is 2.75. The molecule has 3 N–H and O–H groups in total. The third-order valence-corrected chi connectivity index (χ3v) is 2.75. The Hall–Kier alpha value is -2.43. The number of nitrogens with two attached hydrogens (primary N) is 1. The van der Waals surface area contributed by atoms with Crippen LogP contribution in [0.1, 0.15) is 0 Å². The molecule has 0 saturated heterocycles. The van der Waals surface area contributed by atoms with Gasteiger partial charge in [0.05, 0.1) is 0 Å². The van der Waals surface area contributed by atoms with Crippen LogP contribution in [0.4, 0.5) is 21.5 Å². The molecule has 2 aromatic carbocycles. The van der Waals surface area contributed by atoms with E-state index in [4.69, 9.17) is 15.2 Å². The summed E-state index contributed by atoms with van der Waals surface area (Å²) in [5, 5.41) is 3.08. The van der Waals surface area contributed by atoms with E-state index in [1.54, 1.807) is 6.07 Å². The highest BCUT2D eigenvalue weighted by atomic mass is 19.1. The Morgan fingerprint density at radius 3 is 2.53 bits per heavy atom. The third kappa shape index (κ3) is 2.54. The lowest BCUT2D eigenvalue weighted by Gasteiger charge is -2.19. The Bertz CT molecular complexity index is 596. The van der Waals surface area contributed by atoms with Gasteiger partial charge in [0.25, 0.3) is 0 Å². The molecule has 1 aliphatic rings. The molecule has 3 rings (SSSR count). The van der Waals surface area contributed by atoms with Crippen molar-refractivity contribution in [3.8, 4) is 11.5 Å². The van der Waals surface area contributed by atoms with E-state index >= 15 is 0 Å². The highest BCUT2D eigenvalue weighted by molar-refractivity contribution is 5.66. The molecule has 0 aromatic heterocycles. The summed E-state index contributed by atoms with van der Waals surface area (Å²) in [4.78, 5) is 0. The van der Waals surface area contributed by atoms with E-state index in [2.05, 4.69) is 5.32 Å². The maximum absolute atomic E-state index is 13.2. The second-order valence-electron chi connectivity index (χ2n) is 4.26. The first kappa shape index (κ1) is 11.6. The monoisotopic (exact) mass is 260 g/mol. The summed E-state index contributed by atoms with van der Waals surface area (Å²) in [5.74, 6) is 1.02. The van der Waals surface area contributed by atoms with Crippen molar-refractivity contribution in [2.24, 2.45) is 0 Å². The van der Waals surface area contributed by atoms with E-state index in [0.717, 1.165) is 11.4 Å². The molecule has 0 fully saturated rings. The first-order chi connectivity index (χ1) is 9.20. The Kier molecular flexibility index (Phi) is 2.87.